The van der Waals surface area contributed by atoms with Crippen LogP contribution < -0.4 is 5.32 Å². The molecule has 4 rings (SSSR count). The Labute approximate surface area is 224 Å². The first-order valence-corrected chi connectivity index (χ1v) is 15.1. The van der Waals surface area contributed by atoms with Crippen molar-refractivity contribution in [3.05, 3.63) is 79.0 Å². The number of rotatable bonds is 7. The van der Waals surface area contributed by atoms with Gasteiger partial charge in [-0.1, -0.05) is 57.2 Å². The number of nitrogens with one attached hydrogen (secondary N) is 1. The molecule has 0 aliphatic carbocycles. The first-order valence-electron chi connectivity index (χ1n) is 12.2. The summed E-state index contributed by atoms with van der Waals surface area (Å²) in [6.45, 7) is 9.62. The van der Waals surface area contributed by atoms with Crippen LogP contribution in [0, 0.1) is 0 Å². The lowest BCUT2D eigenvalue weighted by Gasteiger charge is -2.36. The number of amides is 1. The molecule has 0 unspecified atom stereocenters. The van der Waals surface area contributed by atoms with Crippen molar-refractivity contribution in [2.24, 2.45) is 0 Å². The van der Waals surface area contributed by atoms with Gasteiger partial charge in [-0.3, -0.25) is 9.78 Å². The Kier molecular flexibility index (Phi) is 7.76. The Morgan fingerprint density at radius 3 is 2.45 bits per heavy atom. The quantitative estimate of drug-likeness (QED) is 0.445. The molecule has 2 heterocycles. The molecule has 1 N–H and O–H groups in total. The fourth-order valence-corrected chi connectivity index (χ4v) is 7.58. The normalized spacial score (nSPS) is 17.3. The maximum absolute atomic E-state index is 13.9. The maximum Gasteiger partial charge on any atom is 0.266 e. The van der Waals surface area contributed by atoms with Gasteiger partial charge < -0.3 is 5.32 Å². The van der Waals surface area contributed by atoms with E-state index in [1.807, 2.05) is 20.8 Å². The highest BCUT2D eigenvalue weighted by Crippen LogP contribution is 2.28. The predicted octanol–water partition coefficient (Wildman–Crippen LogP) is 2.90. The molecule has 1 aliphatic rings. The van der Waals surface area contributed by atoms with Gasteiger partial charge in [-0.2, -0.15) is 4.31 Å². The minimum Gasteiger partial charge on any atom is -0.313 e. The minimum atomic E-state index is -4.29. The number of para-hydroxylation sites is 1. The number of sulfonamides is 2. The van der Waals surface area contributed by atoms with Crippen LogP contribution >= 0.6 is 0 Å². The van der Waals surface area contributed by atoms with Crippen LogP contribution in [0.1, 0.15) is 26.3 Å². The number of piperazine rings is 1. The summed E-state index contributed by atoms with van der Waals surface area (Å²) in [6.07, 6.45) is 2.81. The van der Waals surface area contributed by atoms with E-state index in [2.05, 4.69) is 16.9 Å². The Balaban J connectivity index is 1.73. The third-order valence-electron chi connectivity index (χ3n) is 6.51. The van der Waals surface area contributed by atoms with E-state index in [4.69, 9.17) is 0 Å². The van der Waals surface area contributed by atoms with Crippen LogP contribution in [-0.2, 0) is 30.3 Å². The molecule has 9 nitrogen and oxygen atoms in total. The van der Waals surface area contributed by atoms with Crippen LogP contribution in [0.3, 0.4) is 0 Å². The lowest BCUT2D eigenvalue weighted by molar-refractivity contribution is -0.130. The zero-order valence-electron chi connectivity index (χ0n) is 21.7. The molecule has 3 aromatic rings. The summed E-state index contributed by atoms with van der Waals surface area (Å²) in [7, 11) is -8.49. The summed E-state index contributed by atoms with van der Waals surface area (Å²) in [5.41, 5.74) is 1.04. The van der Waals surface area contributed by atoms with E-state index in [0.717, 1.165) is 9.87 Å². The highest BCUT2D eigenvalue weighted by atomic mass is 32.2. The van der Waals surface area contributed by atoms with Crippen molar-refractivity contribution < 1.29 is 21.6 Å². The Morgan fingerprint density at radius 1 is 1.11 bits per heavy atom. The minimum absolute atomic E-state index is 0.00970. The molecular weight excluding hydrogens is 524 g/mol. The average molecular weight is 557 g/mol. The van der Waals surface area contributed by atoms with E-state index >= 15 is 0 Å². The number of aromatic nitrogens is 1. The molecule has 1 fully saturated rings. The first-order chi connectivity index (χ1) is 17.9. The van der Waals surface area contributed by atoms with Crippen LogP contribution in [0.5, 0.6) is 0 Å². The molecule has 0 spiro atoms. The van der Waals surface area contributed by atoms with E-state index in [1.165, 1.54) is 30.5 Å². The number of pyridine rings is 1. The van der Waals surface area contributed by atoms with Crippen molar-refractivity contribution >= 4 is 36.9 Å². The zero-order chi connectivity index (χ0) is 27.7. The number of carbonyl (C=O) groups excluding carboxylic acids is 1. The first kappa shape index (κ1) is 27.9. The van der Waals surface area contributed by atoms with Gasteiger partial charge in [0.2, 0.25) is 10.0 Å². The van der Waals surface area contributed by atoms with Gasteiger partial charge in [-0.05, 0) is 35.2 Å². The monoisotopic (exact) mass is 556 g/mol. The maximum atomic E-state index is 13.9. The van der Waals surface area contributed by atoms with Crippen molar-refractivity contribution in [3.8, 4) is 0 Å². The summed E-state index contributed by atoms with van der Waals surface area (Å²) in [4.78, 5) is 18.0. The van der Waals surface area contributed by atoms with Gasteiger partial charge in [0.15, 0.2) is 0 Å². The summed E-state index contributed by atoms with van der Waals surface area (Å²) >= 11 is 0. The van der Waals surface area contributed by atoms with Crippen molar-refractivity contribution in [3.63, 3.8) is 0 Å². The van der Waals surface area contributed by atoms with Gasteiger partial charge in [0, 0.05) is 31.2 Å². The summed E-state index contributed by atoms with van der Waals surface area (Å²) in [5, 5.41) is 3.67. The van der Waals surface area contributed by atoms with Crippen molar-refractivity contribution in [2.75, 3.05) is 26.2 Å². The van der Waals surface area contributed by atoms with Crippen LogP contribution in [0.25, 0.3) is 10.9 Å². The highest BCUT2D eigenvalue weighted by molar-refractivity contribution is 7.90. The molecule has 0 radical (unpaired) electrons. The van der Waals surface area contributed by atoms with Crippen LogP contribution in [0.2, 0.25) is 0 Å². The Morgan fingerprint density at radius 2 is 1.79 bits per heavy atom. The lowest BCUT2D eigenvalue weighted by Crippen LogP contribution is -2.60. The molecule has 0 bridgehead atoms. The smallest absolute Gasteiger partial charge is 0.266 e. The summed E-state index contributed by atoms with van der Waals surface area (Å²) in [6, 6.07) is 13.4. The Bertz CT molecular complexity index is 1560. The second kappa shape index (κ2) is 10.6. The fraction of sp³-hybridized carbons (Fsp3) is 0.333. The lowest BCUT2D eigenvalue weighted by atomic mass is 9.87. The molecule has 1 amide bonds. The molecular formula is C27H32N4O5S2. The third kappa shape index (κ3) is 5.24. The van der Waals surface area contributed by atoms with Crippen LogP contribution in [-0.4, -0.2) is 68.6 Å². The largest absolute Gasteiger partial charge is 0.313 e. The highest BCUT2D eigenvalue weighted by Gasteiger charge is 2.43. The zero-order valence-corrected chi connectivity index (χ0v) is 23.3. The van der Waals surface area contributed by atoms with E-state index in [0.29, 0.717) is 16.2 Å². The van der Waals surface area contributed by atoms with Gasteiger partial charge in [0.25, 0.3) is 15.9 Å². The molecule has 11 heteroatoms. The molecule has 1 aromatic heterocycles. The average Bonchev–Trinajstić information content (AvgIpc) is 2.90. The third-order valence-corrected chi connectivity index (χ3v) is 10.2. The summed E-state index contributed by atoms with van der Waals surface area (Å²) < 4.78 is 56.8. The Hall–Kier alpha value is -3.12. The van der Waals surface area contributed by atoms with Gasteiger partial charge in [0.05, 0.1) is 17.0 Å². The standard InChI is InChI=1S/C27H32N4O5S2/c1-5-17-31(37(33,34)22-13-11-21(12-14-22)27(2,3)4)26(32)23-19-28-16-18-30(23)38(35,36)24-10-6-8-20-9-7-15-29-25(20)24/h5-15,23,28H,1,16-19H2,2-4H3/t23-/m0/s1. The van der Waals surface area contributed by atoms with Crippen molar-refractivity contribution in [1.82, 2.24) is 18.9 Å². The number of nitrogens with zero attached hydrogens (tertiary/aromatic N) is 3. The number of fused-ring (bicyclic) bond motifs is 1. The van der Waals surface area contributed by atoms with E-state index in [1.54, 1.807) is 36.4 Å². The number of hydrogen-bond donors (Lipinski definition) is 1. The van der Waals surface area contributed by atoms with E-state index in [-0.39, 0.29) is 40.4 Å². The molecule has 2 aromatic carbocycles. The van der Waals surface area contributed by atoms with Gasteiger partial charge in [-0.25, -0.2) is 21.1 Å². The fourth-order valence-electron chi connectivity index (χ4n) is 4.44. The molecule has 38 heavy (non-hydrogen) atoms. The van der Waals surface area contributed by atoms with Crippen LogP contribution in [0.15, 0.2) is 83.2 Å². The second-order valence-corrected chi connectivity index (χ2v) is 13.8. The van der Waals surface area contributed by atoms with Crippen molar-refractivity contribution in [2.45, 2.75) is 42.0 Å². The van der Waals surface area contributed by atoms with Gasteiger partial charge in [-0.15, -0.1) is 6.58 Å². The van der Waals surface area contributed by atoms with Crippen molar-refractivity contribution in [1.29, 1.82) is 0 Å². The molecule has 202 valence electrons. The SMILES string of the molecule is C=CCN(C(=O)[C@@H]1CNCCN1S(=O)(=O)c1cccc2cccnc12)S(=O)(=O)c1ccc(C(C)(C)C)cc1. The van der Waals surface area contributed by atoms with Gasteiger partial charge >= 0.3 is 0 Å². The van der Waals surface area contributed by atoms with Gasteiger partial charge in [0.1, 0.15) is 10.9 Å². The second-order valence-electron chi connectivity index (χ2n) is 10.1. The van der Waals surface area contributed by atoms with E-state index < -0.39 is 32.0 Å². The molecule has 0 saturated carbocycles. The number of hydrogen-bond acceptors (Lipinski definition) is 7. The number of benzene rings is 2. The van der Waals surface area contributed by atoms with Crippen LogP contribution in [0.4, 0.5) is 0 Å². The van der Waals surface area contributed by atoms with E-state index in [9.17, 15) is 21.6 Å². The number of carbonyl (C=O) groups is 1. The molecule has 1 atom stereocenters. The summed E-state index contributed by atoms with van der Waals surface area (Å²) in [5.74, 6) is -0.853. The topological polar surface area (TPSA) is 117 Å². The molecule has 1 saturated heterocycles. The predicted molar refractivity (Wildman–Crippen MR) is 147 cm³/mol. The molecule has 1 aliphatic heterocycles.